The Hall–Kier alpha value is -2.68. The summed E-state index contributed by atoms with van der Waals surface area (Å²) in [4.78, 5) is 36.0. The predicted octanol–water partition coefficient (Wildman–Crippen LogP) is 0.778. The summed E-state index contributed by atoms with van der Waals surface area (Å²) in [6, 6.07) is 3.70. The van der Waals surface area contributed by atoms with E-state index in [9.17, 15) is 19.7 Å². The average Bonchev–Trinajstić information content (AvgIpc) is 3.12. The van der Waals surface area contributed by atoms with Crippen molar-refractivity contribution in [3.63, 3.8) is 0 Å². The highest BCUT2D eigenvalue weighted by atomic mass is 16.6. The molecule has 24 heavy (non-hydrogen) atoms. The number of hydrogen-bond acceptors (Lipinski definition) is 7. The summed E-state index contributed by atoms with van der Waals surface area (Å²) in [5.74, 6) is -1.11. The first-order valence-electron chi connectivity index (χ1n) is 7.61. The number of aliphatic hydroxyl groups is 1. The number of amides is 1. The Morgan fingerprint density at radius 3 is 2.67 bits per heavy atom. The molecule has 2 N–H and O–H groups in total. The highest BCUT2D eigenvalue weighted by Gasteiger charge is 2.22. The fraction of sp³-hybridized carbons (Fsp3) is 0.467. The van der Waals surface area contributed by atoms with Crippen LogP contribution in [0.1, 0.15) is 23.2 Å². The minimum Gasteiger partial charge on any atom is -0.452 e. The van der Waals surface area contributed by atoms with Gasteiger partial charge in [-0.3, -0.25) is 14.9 Å². The Morgan fingerprint density at radius 2 is 2.04 bits per heavy atom. The number of hydrogen-bond donors (Lipinski definition) is 2. The molecule has 1 aliphatic rings. The molecule has 0 saturated carbocycles. The number of nitro groups is 1. The van der Waals surface area contributed by atoms with Crippen molar-refractivity contribution >= 4 is 23.3 Å². The van der Waals surface area contributed by atoms with Crippen molar-refractivity contribution in [1.82, 2.24) is 4.90 Å². The molecule has 0 unspecified atom stereocenters. The summed E-state index contributed by atoms with van der Waals surface area (Å²) < 4.78 is 5.00. The number of nitrogens with one attached hydrogen (secondary N) is 1. The van der Waals surface area contributed by atoms with Crippen molar-refractivity contribution in [3.8, 4) is 0 Å². The molecule has 1 aliphatic heterocycles. The number of anilines is 1. The third kappa shape index (κ3) is 4.42. The van der Waals surface area contributed by atoms with Crippen molar-refractivity contribution in [3.05, 3.63) is 33.9 Å². The molecule has 0 bridgehead atoms. The number of aliphatic hydroxyl groups excluding tert-OH is 1. The zero-order chi connectivity index (χ0) is 17.5. The molecule has 0 aromatic heterocycles. The Labute approximate surface area is 138 Å². The smallest absolute Gasteiger partial charge is 0.341 e. The fourth-order valence-electron chi connectivity index (χ4n) is 2.42. The molecular weight excluding hydrogens is 318 g/mol. The van der Waals surface area contributed by atoms with Gasteiger partial charge < -0.3 is 20.1 Å². The molecule has 1 aromatic carbocycles. The van der Waals surface area contributed by atoms with Crippen molar-refractivity contribution in [1.29, 1.82) is 0 Å². The summed E-state index contributed by atoms with van der Waals surface area (Å²) in [5, 5.41) is 22.5. The van der Waals surface area contributed by atoms with Crippen molar-refractivity contribution in [2.24, 2.45) is 0 Å². The van der Waals surface area contributed by atoms with Crippen LogP contribution in [-0.2, 0) is 9.53 Å². The molecule has 130 valence electrons. The van der Waals surface area contributed by atoms with Crippen LogP contribution >= 0.6 is 0 Å². The number of rotatable bonds is 7. The summed E-state index contributed by atoms with van der Waals surface area (Å²) in [7, 11) is 0. The van der Waals surface area contributed by atoms with Crippen LogP contribution in [0.4, 0.5) is 11.4 Å². The molecule has 0 aliphatic carbocycles. The number of ether oxygens (including phenoxy) is 1. The summed E-state index contributed by atoms with van der Waals surface area (Å²) >= 11 is 0. The molecule has 2 rings (SSSR count). The SMILES string of the molecule is O=C(OCC(=O)N1CCCC1)c1cc([N+](=O)[O-])ccc1NCCO. The van der Waals surface area contributed by atoms with Crippen LogP contribution in [0.3, 0.4) is 0 Å². The summed E-state index contributed by atoms with van der Waals surface area (Å²) in [6.45, 7) is 0.900. The van der Waals surface area contributed by atoms with Gasteiger partial charge in [-0.2, -0.15) is 0 Å². The van der Waals surface area contributed by atoms with E-state index in [-0.39, 0.29) is 30.3 Å². The van der Waals surface area contributed by atoms with Gasteiger partial charge in [0, 0.05) is 37.5 Å². The summed E-state index contributed by atoms with van der Waals surface area (Å²) in [5.41, 5.74) is -0.0116. The van der Waals surface area contributed by atoms with E-state index in [1.807, 2.05) is 0 Å². The molecule has 1 saturated heterocycles. The second kappa shape index (κ2) is 8.25. The van der Waals surface area contributed by atoms with E-state index in [1.54, 1.807) is 4.90 Å². The normalized spacial score (nSPS) is 13.6. The van der Waals surface area contributed by atoms with Gasteiger partial charge in [0.05, 0.1) is 17.1 Å². The molecule has 1 heterocycles. The Morgan fingerprint density at radius 1 is 1.33 bits per heavy atom. The number of benzene rings is 1. The molecule has 1 aromatic rings. The van der Waals surface area contributed by atoms with E-state index in [4.69, 9.17) is 9.84 Å². The van der Waals surface area contributed by atoms with E-state index < -0.39 is 17.5 Å². The Kier molecular flexibility index (Phi) is 6.07. The third-order valence-corrected chi connectivity index (χ3v) is 3.65. The van der Waals surface area contributed by atoms with Crippen LogP contribution in [0.2, 0.25) is 0 Å². The Balaban J connectivity index is 2.08. The second-order valence-corrected chi connectivity index (χ2v) is 5.30. The lowest BCUT2D eigenvalue weighted by Crippen LogP contribution is -2.32. The lowest BCUT2D eigenvalue weighted by molar-refractivity contribution is -0.384. The van der Waals surface area contributed by atoms with Gasteiger partial charge in [0.25, 0.3) is 11.6 Å². The van der Waals surface area contributed by atoms with Gasteiger partial charge in [0.15, 0.2) is 6.61 Å². The lowest BCUT2D eigenvalue weighted by Gasteiger charge is -2.15. The van der Waals surface area contributed by atoms with Gasteiger partial charge in [-0.15, -0.1) is 0 Å². The maximum Gasteiger partial charge on any atom is 0.341 e. The number of carbonyl (C=O) groups excluding carboxylic acids is 2. The van der Waals surface area contributed by atoms with E-state index in [0.29, 0.717) is 18.8 Å². The minimum atomic E-state index is -0.827. The molecular formula is C15H19N3O6. The average molecular weight is 337 g/mol. The monoisotopic (exact) mass is 337 g/mol. The number of esters is 1. The predicted molar refractivity (Wildman–Crippen MR) is 84.8 cm³/mol. The zero-order valence-corrected chi connectivity index (χ0v) is 13.1. The Bertz CT molecular complexity index is 628. The van der Waals surface area contributed by atoms with E-state index in [1.165, 1.54) is 12.1 Å². The quantitative estimate of drug-likeness (QED) is 0.428. The first-order valence-corrected chi connectivity index (χ1v) is 7.61. The lowest BCUT2D eigenvalue weighted by atomic mass is 10.1. The maximum absolute atomic E-state index is 12.2. The molecule has 1 fully saturated rings. The largest absolute Gasteiger partial charge is 0.452 e. The van der Waals surface area contributed by atoms with Gasteiger partial charge in [0.2, 0.25) is 0 Å². The van der Waals surface area contributed by atoms with Gasteiger partial charge in [-0.1, -0.05) is 0 Å². The molecule has 0 spiro atoms. The van der Waals surface area contributed by atoms with Crippen LogP contribution in [0, 0.1) is 10.1 Å². The van der Waals surface area contributed by atoms with E-state index in [0.717, 1.165) is 18.9 Å². The molecule has 9 nitrogen and oxygen atoms in total. The standard InChI is InChI=1S/C15H19N3O6/c19-8-5-16-13-4-3-11(18(22)23)9-12(13)15(21)24-10-14(20)17-6-1-2-7-17/h3-4,9,16,19H,1-2,5-8,10H2. The molecule has 9 heteroatoms. The van der Waals surface area contributed by atoms with Crippen LogP contribution in [-0.4, -0.2) is 59.7 Å². The molecule has 0 radical (unpaired) electrons. The highest BCUT2D eigenvalue weighted by molar-refractivity contribution is 5.97. The van der Waals surface area contributed by atoms with Crippen LogP contribution in [0.15, 0.2) is 18.2 Å². The van der Waals surface area contributed by atoms with Crippen molar-refractivity contribution in [2.75, 3.05) is 38.2 Å². The van der Waals surface area contributed by atoms with E-state index in [2.05, 4.69) is 5.32 Å². The van der Waals surface area contributed by atoms with Crippen molar-refractivity contribution in [2.45, 2.75) is 12.8 Å². The zero-order valence-electron chi connectivity index (χ0n) is 13.1. The topological polar surface area (TPSA) is 122 Å². The van der Waals surface area contributed by atoms with Crippen molar-refractivity contribution < 1.29 is 24.4 Å². The van der Waals surface area contributed by atoms with Crippen LogP contribution < -0.4 is 5.32 Å². The second-order valence-electron chi connectivity index (χ2n) is 5.30. The van der Waals surface area contributed by atoms with Gasteiger partial charge in [-0.25, -0.2) is 4.79 Å². The molecule has 0 atom stereocenters. The summed E-state index contributed by atoms with van der Waals surface area (Å²) in [6.07, 6.45) is 1.86. The number of non-ortho nitro benzene ring substituents is 1. The third-order valence-electron chi connectivity index (χ3n) is 3.65. The number of nitrogens with zero attached hydrogens (tertiary/aromatic N) is 2. The molecule has 1 amide bonds. The van der Waals surface area contributed by atoms with Gasteiger partial charge >= 0.3 is 5.97 Å². The van der Waals surface area contributed by atoms with Gasteiger partial charge in [0.1, 0.15) is 0 Å². The number of carbonyl (C=O) groups is 2. The van der Waals surface area contributed by atoms with Gasteiger partial charge in [-0.05, 0) is 18.9 Å². The van der Waals surface area contributed by atoms with E-state index >= 15 is 0 Å². The first-order chi connectivity index (χ1) is 11.5. The first kappa shape index (κ1) is 17.7. The van der Waals surface area contributed by atoms with Crippen LogP contribution in [0.25, 0.3) is 0 Å². The maximum atomic E-state index is 12.2. The number of likely N-dealkylation sites (tertiary alicyclic amines) is 1. The fourth-order valence-corrected chi connectivity index (χ4v) is 2.42. The van der Waals surface area contributed by atoms with Crippen LogP contribution in [0.5, 0.6) is 0 Å². The number of nitro benzene ring substituents is 1. The highest BCUT2D eigenvalue weighted by Crippen LogP contribution is 2.23. The minimum absolute atomic E-state index is 0.0492.